The van der Waals surface area contributed by atoms with E-state index in [1.54, 1.807) is 31.2 Å². The molecule has 0 aliphatic carbocycles. The quantitative estimate of drug-likeness (QED) is 0.546. The van der Waals surface area contributed by atoms with E-state index in [9.17, 15) is 14.7 Å². The summed E-state index contributed by atoms with van der Waals surface area (Å²) >= 11 is 12.3. The number of aryl methyl sites for hydroxylation is 1. The third kappa shape index (κ3) is 4.38. The van der Waals surface area contributed by atoms with Gasteiger partial charge in [-0.25, -0.2) is 0 Å². The summed E-state index contributed by atoms with van der Waals surface area (Å²) in [5.74, 6) is -0.729. The van der Waals surface area contributed by atoms with Gasteiger partial charge in [0.15, 0.2) is 0 Å². The maximum absolute atomic E-state index is 12.8. The summed E-state index contributed by atoms with van der Waals surface area (Å²) in [6.45, 7) is 3.58. The predicted molar refractivity (Wildman–Crippen MR) is 117 cm³/mol. The fraction of sp³-hybridized carbons (Fsp3) is 0.150. The SMILES string of the molecule is Cc1ccc(NC(=O)C(C)N2C(=O)/C(=C/c3cc(Cl)ccc3O)SC2=S)cc1. The van der Waals surface area contributed by atoms with Crippen LogP contribution in [0.25, 0.3) is 6.08 Å². The number of nitrogens with one attached hydrogen (secondary N) is 1. The van der Waals surface area contributed by atoms with Crippen molar-refractivity contribution in [1.82, 2.24) is 4.90 Å². The van der Waals surface area contributed by atoms with Gasteiger partial charge in [-0.15, -0.1) is 0 Å². The van der Waals surface area contributed by atoms with Crippen LogP contribution in [0.2, 0.25) is 5.02 Å². The van der Waals surface area contributed by atoms with E-state index in [1.165, 1.54) is 17.0 Å². The molecule has 2 aromatic carbocycles. The number of amides is 2. The van der Waals surface area contributed by atoms with Crippen LogP contribution >= 0.6 is 35.6 Å². The number of anilines is 1. The molecule has 28 heavy (non-hydrogen) atoms. The average Bonchev–Trinajstić information content (AvgIpc) is 2.93. The molecule has 0 radical (unpaired) electrons. The van der Waals surface area contributed by atoms with E-state index in [0.29, 0.717) is 21.2 Å². The van der Waals surface area contributed by atoms with Crippen molar-refractivity contribution in [2.45, 2.75) is 19.9 Å². The highest BCUT2D eigenvalue weighted by molar-refractivity contribution is 8.26. The molecule has 1 aliphatic heterocycles. The van der Waals surface area contributed by atoms with Crippen LogP contribution in [-0.2, 0) is 9.59 Å². The molecule has 2 aromatic rings. The Bertz CT molecular complexity index is 989. The van der Waals surface area contributed by atoms with E-state index >= 15 is 0 Å². The highest BCUT2D eigenvalue weighted by Gasteiger charge is 2.38. The molecule has 1 saturated heterocycles. The minimum atomic E-state index is -0.785. The molecule has 0 bridgehead atoms. The van der Waals surface area contributed by atoms with Gasteiger partial charge in [0.2, 0.25) is 5.91 Å². The van der Waals surface area contributed by atoms with Crippen molar-refractivity contribution >= 4 is 63.5 Å². The first-order valence-corrected chi connectivity index (χ1v) is 9.99. The Balaban J connectivity index is 1.78. The number of phenolic OH excluding ortho intramolecular Hbond substituents is 1. The summed E-state index contributed by atoms with van der Waals surface area (Å²) in [6, 6.07) is 11.1. The van der Waals surface area contributed by atoms with Crippen LogP contribution in [0.1, 0.15) is 18.1 Å². The van der Waals surface area contributed by atoms with E-state index in [-0.39, 0.29) is 21.9 Å². The molecule has 144 valence electrons. The van der Waals surface area contributed by atoms with Gasteiger partial charge in [0.1, 0.15) is 16.1 Å². The molecule has 0 saturated carbocycles. The Morgan fingerprint density at radius 3 is 2.64 bits per heavy atom. The van der Waals surface area contributed by atoms with E-state index in [0.717, 1.165) is 17.3 Å². The van der Waals surface area contributed by atoms with Gasteiger partial charge in [0.05, 0.1) is 4.91 Å². The molecular weight excluding hydrogens is 416 g/mol. The van der Waals surface area contributed by atoms with Gasteiger partial charge in [-0.2, -0.15) is 0 Å². The number of phenols is 1. The second-order valence-electron chi connectivity index (χ2n) is 6.29. The summed E-state index contributed by atoms with van der Waals surface area (Å²) in [4.78, 5) is 27.0. The molecule has 5 nitrogen and oxygen atoms in total. The van der Waals surface area contributed by atoms with Gasteiger partial charge in [-0.05, 0) is 50.3 Å². The molecule has 3 rings (SSSR count). The second-order valence-corrected chi connectivity index (χ2v) is 8.40. The van der Waals surface area contributed by atoms with Gasteiger partial charge in [0.25, 0.3) is 5.91 Å². The molecule has 1 aliphatic rings. The molecule has 1 heterocycles. The van der Waals surface area contributed by atoms with Crippen molar-refractivity contribution in [3.05, 3.63) is 63.5 Å². The maximum Gasteiger partial charge on any atom is 0.266 e. The number of benzene rings is 2. The molecule has 0 spiro atoms. The van der Waals surface area contributed by atoms with Crippen LogP contribution in [0.5, 0.6) is 5.75 Å². The van der Waals surface area contributed by atoms with Crippen LogP contribution in [0.4, 0.5) is 5.69 Å². The summed E-state index contributed by atoms with van der Waals surface area (Å²) in [5.41, 5.74) is 2.13. The second kappa shape index (κ2) is 8.34. The monoisotopic (exact) mass is 432 g/mol. The molecule has 2 N–H and O–H groups in total. The van der Waals surface area contributed by atoms with Gasteiger partial charge >= 0.3 is 0 Å². The van der Waals surface area contributed by atoms with E-state index < -0.39 is 6.04 Å². The van der Waals surface area contributed by atoms with Crippen molar-refractivity contribution in [3.63, 3.8) is 0 Å². The highest BCUT2D eigenvalue weighted by atomic mass is 35.5. The van der Waals surface area contributed by atoms with Crippen molar-refractivity contribution in [2.24, 2.45) is 0 Å². The molecule has 1 atom stereocenters. The number of thioether (sulfide) groups is 1. The molecular formula is C20H17ClN2O3S2. The normalized spacial score (nSPS) is 16.5. The fourth-order valence-electron chi connectivity index (χ4n) is 2.60. The number of halogens is 1. The zero-order valence-corrected chi connectivity index (χ0v) is 17.5. The van der Waals surface area contributed by atoms with Crippen LogP contribution in [-0.4, -0.2) is 32.2 Å². The van der Waals surface area contributed by atoms with Gasteiger partial charge in [-0.3, -0.25) is 14.5 Å². The zero-order chi connectivity index (χ0) is 20.4. The Hall–Kier alpha value is -2.35. The Labute approximate surface area is 177 Å². The fourth-order valence-corrected chi connectivity index (χ4v) is 4.19. The minimum absolute atomic E-state index is 0.000157. The molecule has 2 amide bonds. The van der Waals surface area contributed by atoms with Crippen molar-refractivity contribution < 1.29 is 14.7 Å². The lowest BCUT2D eigenvalue weighted by Gasteiger charge is -2.22. The number of hydrogen-bond donors (Lipinski definition) is 2. The largest absolute Gasteiger partial charge is 0.507 e. The van der Waals surface area contributed by atoms with Gasteiger partial charge < -0.3 is 10.4 Å². The van der Waals surface area contributed by atoms with Crippen LogP contribution in [0, 0.1) is 6.92 Å². The summed E-state index contributed by atoms with van der Waals surface area (Å²) in [7, 11) is 0. The Morgan fingerprint density at radius 1 is 1.29 bits per heavy atom. The minimum Gasteiger partial charge on any atom is -0.507 e. The molecule has 1 fully saturated rings. The Morgan fingerprint density at radius 2 is 1.96 bits per heavy atom. The van der Waals surface area contributed by atoms with Gasteiger partial charge in [-0.1, -0.05) is 53.3 Å². The van der Waals surface area contributed by atoms with Crippen LogP contribution in [0.3, 0.4) is 0 Å². The lowest BCUT2D eigenvalue weighted by molar-refractivity contribution is -0.129. The van der Waals surface area contributed by atoms with Crippen molar-refractivity contribution in [2.75, 3.05) is 5.32 Å². The van der Waals surface area contributed by atoms with Crippen molar-refractivity contribution in [3.8, 4) is 5.75 Å². The Kier molecular flexibility index (Phi) is 6.07. The number of aromatic hydroxyl groups is 1. The number of rotatable bonds is 4. The third-order valence-corrected chi connectivity index (χ3v) is 5.75. The zero-order valence-electron chi connectivity index (χ0n) is 15.1. The summed E-state index contributed by atoms with van der Waals surface area (Å²) < 4.78 is 0.282. The average molecular weight is 433 g/mol. The maximum atomic E-state index is 12.8. The number of nitrogens with zero attached hydrogens (tertiary/aromatic N) is 1. The van der Waals surface area contributed by atoms with E-state index in [4.69, 9.17) is 23.8 Å². The lowest BCUT2D eigenvalue weighted by atomic mass is 10.1. The number of carbonyl (C=O) groups is 2. The molecule has 8 heteroatoms. The molecule has 0 aromatic heterocycles. The van der Waals surface area contributed by atoms with Crippen LogP contribution < -0.4 is 5.32 Å². The first-order valence-electron chi connectivity index (χ1n) is 8.39. The van der Waals surface area contributed by atoms with Crippen molar-refractivity contribution in [1.29, 1.82) is 0 Å². The van der Waals surface area contributed by atoms with Crippen LogP contribution in [0.15, 0.2) is 47.4 Å². The summed E-state index contributed by atoms with van der Waals surface area (Å²) in [6.07, 6.45) is 1.52. The molecule has 1 unspecified atom stereocenters. The predicted octanol–water partition coefficient (Wildman–Crippen LogP) is 4.58. The van der Waals surface area contributed by atoms with E-state index in [1.807, 2.05) is 19.1 Å². The first kappa shape index (κ1) is 20.4. The van der Waals surface area contributed by atoms with Gasteiger partial charge in [0, 0.05) is 16.3 Å². The third-order valence-electron chi connectivity index (χ3n) is 4.19. The van der Waals surface area contributed by atoms with E-state index in [2.05, 4.69) is 5.32 Å². The number of thiocarbonyl (C=S) groups is 1. The first-order chi connectivity index (χ1) is 13.3. The standard InChI is InChI=1S/C20H17ClN2O3S2/c1-11-3-6-15(7-4-11)22-18(25)12(2)23-19(26)17(28-20(23)27)10-13-9-14(21)5-8-16(13)24/h3-10,12,24H,1-2H3,(H,22,25)/b17-10-. The lowest BCUT2D eigenvalue weighted by Crippen LogP contribution is -2.44. The number of carbonyl (C=O) groups excluding carboxylic acids is 2. The smallest absolute Gasteiger partial charge is 0.266 e. The summed E-state index contributed by atoms with van der Waals surface area (Å²) in [5, 5.41) is 13.2. The number of hydrogen-bond acceptors (Lipinski definition) is 5. The topological polar surface area (TPSA) is 69.6 Å². The highest BCUT2D eigenvalue weighted by Crippen LogP contribution is 2.36.